The van der Waals surface area contributed by atoms with E-state index >= 15 is 0 Å². The van der Waals surface area contributed by atoms with Crippen molar-refractivity contribution in [3.8, 4) is 0 Å². The molecule has 27 heavy (non-hydrogen) atoms. The lowest BCUT2D eigenvalue weighted by molar-refractivity contribution is 0.0944. The standard InChI is InChI=1S/C20H19N5O2/c1-13(26)16-3-5-17(6-4-16)25-19-11-18(23-14(2)24-19)20(27)22-12-15-7-9-21-10-8-15/h3-11H,12H2,1-2H3,(H,22,27)(H,23,24,25). The Morgan fingerprint density at radius 2 is 1.70 bits per heavy atom. The number of hydrogen-bond donors (Lipinski definition) is 2. The average molecular weight is 361 g/mol. The summed E-state index contributed by atoms with van der Waals surface area (Å²) in [6.45, 7) is 3.64. The molecule has 0 spiro atoms. The van der Waals surface area contributed by atoms with E-state index in [2.05, 4.69) is 25.6 Å². The van der Waals surface area contributed by atoms with Gasteiger partial charge in [-0.05, 0) is 55.8 Å². The number of aromatic nitrogens is 3. The summed E-state index contributed by atoms with van der Waals surface area (Å²) in [5.41, 5.74) is 2.63. The number of benzene rings is 1. The highest BCUT2D eigenvalue weighted by atomic mass is 16.1. The van der Waals surface area contributed by atoms with Gasteiger partial charge in [0.2, 0.25) is 0 Å². The first-order valence-corrected chi connectivity index (χ1v) is 8.42. The van der Waals surface area contributed by atoms with E-state index in [1.165, 1.54) is 6.92 Å². The number of carbonyl (C=O) groups excluding carboxylic acids is 2. The summed E-state index contributed by atoms with van der Waals surface area (Å²) in [4.78, 5) is 36.2. The molecule has 0 aliphatic carbocycles. The van der Waals surface area contributed by atoms with Crippen LogP contribution in [0.3, 0.4) is 0 Å². The molecule has 0 fully saturated rings. The summed E-state index contributed by atoms with van der Waals surface area (Å²) in [7, 11) is 0. The zero-order valence-electron chi connectivity index (χ0n) is 15.1. The van der Waals surface area contributed by atoms with E-state index in [0.29, 0.717) is 23.8 Å². The maximum absolute atomic E-state index is 12.4. The average Bonchev–Trinajstić information content (AvgIpc) is 2.67. The van der Waals surface area contributed by atoms with Crippen molar-refractivity contribution in [3.05, 3.63) is 77.5 Å². The lowest BCUT2D eigenvalue weighted by Crippen LogP contribution is -2.24. The maximum Gasteiger partial charge on any atom is 0.270 e. The molecule has 7 heteroatoms. The van der Waals surface area contributed by atoms with Crippen molar-refractivity contribution in [2.75, 3.05) is 5.32 Å². The quantitative estimate of drug-likeness (QED) is 0.655. The van der Waals surface area contributed by atoms with Crippen LogP contribution in [0.2, 0.25) is 0 Å². The van der Waals surface area contributed by atoms with Crippen molar-refractivity contribution in [2.45, 2.75) is 20.4 Å². The Kier molecular flexibility index (Phi) is 5.51. The van der Waals surface area contributed by atoms with E-state index in [1.807, 2.05) is 12.1 Å². The van der Waals surface area contributed by atoms with Crippen LogP contribution in [0, 0.1) is 6.92 Å². The van der Waals surface area contributed by atoms with Gasteiger partial charge in [0.05, 0.1) is 0 Å². The number of hydrogen-bond acceptors (Lipinski definition) is 6. The van der Waals surface area contributed by atoms with Gasteiger partial charge in [-0.2, -0.15) is 0 Å². The normalized spacial score (nSPS) is 10.3. The molecule has 2 N–H and O–H groups in total. The van der Waals surface area contributed by atoms with Gasteiger partial charge in [0.1, 0.15) is 17.3 Å². The SMILES string of the molecule is CC(=O)c1ccc(Nc2cc(C(=O)NCc3ccncc3)nc(C)n2)cc1. The van der Waals surface area contributed by atoms with Crippen molar-refractivity contribution < 1.29 is 9.59 Å². The highest BCUT2D eigenvalue weighted by molar-refractivity contribution is 5.94. The van der Waals surface area contributed by atoms with Crippen LogP contribution in [0.5, 0.6) is 0 Å². The third kappa shape index (κ3) is 4.94. The zero-order chi connectivity index (χ0) is 19.2. The zero-order valence-corrected chi connectivity index (χ0v) is 15.1. The maximum atomic E-state index is 12.4. The third-order valence-electron chi connectivity index (χ3n) is 3.84. The van der Waals surface area contributed by atoms with Gasteiger partial charge in [-0.25, -0.2) is 9.97 Å². The molecule has 0 atom stereocenters. The van der Waals surface area contributed by atoms with E-state index in [1.54, 1.807) is 49.6 Å². The van der Waals surface area contributed by atoms with Crippen LogP contribution < -0.4 is 10.6 Å². The largest absolute Gasteiger partial charge is 0.347 e. The van der Waals surface area contributed by atoms with Crippen LogP contribution in [0.15, 0.2) is 54.9 Å². The first kappa shape index (κ1) is 18.2. The number of Topliss-reactive ketones (excluding diaryl/α,β-unsaturated/α-hetero) is 1. The molecule has 0 aliphatic heterocycles. The van der Waals surface area contributed by atoms with Crippen LogP contribution in [-0.2, 0) is 6.54 Å². The molecule has 0 unspecified atom stereocenters. The van der Waals surface area contributed by atoms with Crippen molar-refractivity contribution in [1.82, 2.24) is 20.3 Å². The Hall–Kier alpha value is -3.61. The number of nitrogens with zero attached hydrogens (tertiary/aromatic N) is 3. The molecule has 0 saturated carbocycles. The second kappa shape index (κ2) is 8.18. The molecule has 0 saturated heterocycles. The third-order valence-corrected chi connectivity index (χ3v) is 3.84. The minimum atomic E-state index is -0.285. The minimum Gasteiger partial charge on any atom is -0.347 e. The fourth-order valence-electron chi connectivity index (χ4n) is 2.46. The number of amides is 1. The van der Waals surface area contributed by atoms with Gasteiger partial charge in [0, 0.05) is 36.3 Å². The molecular formula is C20H19N5O2. The molecule has 7 nitrogen and oxygen atoms in total. The number of nitrogens with one attached hydrogen (secondary N) is 2. The molecule has 1 aromatic carbocycles. The first-order chi connectivity index (χ1) is 13.0. The van der Waals surface area contributed by atoms with Crippen LogP contribution in [0.4, 0.5) is 11.5 Å². The molecule has 136 valence electrons. The van der Waals surface area contributed by atoms with Crippen molar-refractivity contribution in [2.24, 2.45) is 0 Å². The highest BCUT2D eigenvalue weighted by Crippen LogP contribution is 2.16. The number of anilines is 2. The highest BCUT2D eigenvalue weighted by Gasteiger charge is 2.11. The van der Waals surface area contributed by atoms with Gasteiger partial charge in [0.15, 0.2) is 5.78 Å². The Labute approximate surface area is 156 Å². The van der Waals surface area contributed by atoms with Gasteiger partial charge < -0.3 is 10.6 Å². The van der Waals surface area contributed by atoms with Crippen molar-refractivity contribution in [1.29, 1.82) is 0 Å². The second-order valence-electron chi connectivity index (χ2n) is 5.98. The summed E-state index contributed by atoms with van der Waals surface area (Å²) in [5.74, 6) is 0.710. The molecule has 2 heterocycles. The van der Waals surface area contributed by atoms with Crippen LogP contribution >= 0.6 is 0 Å². The summed E-state index contributed by atoms with van der Waals surface area (Å²) >= 11 is 0. The predicted molar refractivity (Wildman–Crippen MR) is 102 cm³/mol. The van der Waals surface area contributed by atoms with Crippen LogP contribution in [0.1, 0.15) is 39.2 Å². The fourth-order valence-corrected chi connectivity index (χ4v) is 2.46. The van der Waals surface area contributed by atoms with Gasteiger partial charge in [-0.15, -0.1) is 0 Å². The molecule has 2 aromatic heterocycles. The predicted octanol–water partition coefficient (Wildman–Crippen LogP) is 3.06. The van der Waals surface area contributed by atoms with E-state index in [0.717, 1.165) is 11.3 Å². The monoisotopic (exact) mass is 361 g/mol. The second-order valence-corrected chi connectivity index (χ2v) is 5.98. The molecule has 3 rings (SSSR count). The molecule has 1 amide bonds. The topological polar surface area (TPSA) is 96.9 Å². The van der Waals surface area contributed by atoms with Crippen molar-refractivity contribution >= 4 is 23.2 Å². The molecule has 0 aliphatic rings. The molecule has 0 bridgehead atoms. The summed E-state index contributed by atoms with van der Waals surface area (Å²) in [6, 6.07) is 12.3. The Morgan fingerprint density at radius 3 is 2.37 bits per heavy atom. The van der Waals surface area contributed by atoms with E-state index < -0.39 is 0 Å². The van der Waals surface area contributed by atoms with E-state index in [-0.39, 0.29) is 17.4 Å². The van der Waals surface area contributed by atoms with E-state index in [9.17, 15) is 9.59 Å². The van der Waals surface area contributed by atoms with Gasteiger partial charge in [-0.3, -0.25) is 14.6 Å². The lowest BCUT2D eigenvalue weighted by Gasteiger charge is -2.09. The Balaban J connectivity index is 1.71. The van der Waals surface area contributed by atoms with Crippen LogP contribution in [0.25, 0.3) is 0 Å². The number of pyridine rings is 1. The molecular weight excluding hydrogens is 342 g/mol. The van der Waals surface area contributed by atoms with E-state index in [4.69, 9.17) is 0 Å². The van der Waals surface area contributed by atoms with Crippen molar-refractivity contribution in [3.63, 3.8) is 0 Å². The van der Waals surface area contributed by atoms with Gasteiger partial charge in [0.25, 0.3) is 5.91 Å². The Morgan fingerprint density at radius 1 is 1.00 bits per heavy atom. The number of carbonyl (C=O) groups is 2. The molecule has 3 aromatic rings. The minimum absolute atomic E-state index is 0.00702. The summed E-state index contributed by atoms with van der Waals surface area (Å²) in [5, 5.41) is 5.96. The number of aryl methyl sites for hydroxylation is 1. The first-order valence-electron chi connectivity index (χ1n) is 8.42. The van der Waals surface area contributed by atoms with Crippen LogP contribution in [-0.4, -0.2) is 26.6 Å². The Bertz CT molecular complexity index is 956. The van der Waals surface area contributed by atoms with Gasteiger partial charge in [-0.1, -0.05) is 0 Å². The lowest BCUT2D eigenvalue weighted by atomic mass is 10.1. The smallest absolute Gasteiger partial charge is 0.270 e. The molecule has 0 radical (unpaired) electrons. The van der Waals surface area contributed by atoms with Gasteiger partial charge >= 0.3 is 0 Å². The summed E-state index contributed by atoms with van der Waals surface area (Å²) in [6.07, 6.45) is 3.35. The fraction of sp³-hybridized carbons (Fsp3) is 0.150. The summed E-state index contributed by atoms with van der Waals surface area (Å²) < 4.78 is 0. The number of rotatable bonds is 6. The number of ketones is 1.